The Labute approximate surface area is 268 Å². The topological polar surface area (TPSA) is 119 Å². The van der Waals surface area contributed by atoms with E-state index in [-0.39, 0.29) is 24.0 Å². The highest BCUT2D eigenvalue weighted by Crippen LogP contribution is 2.70. The summed E-state index contributed by atoms with van der Waals surface area (Å²) >= 11 is 0. The fourth-order valence-electron chi connectivity index (χ4n) is 6.45. The van der Waals surface area contributed by atoms with Crippen molar-refractivity contribution in [1.29, 1.82) is 0 Å². The number of carbonyl (C=O) groups is 2. The lowest BCUT2D eigenvalue weighted by atomic mass is 10.0. The van der Waals surface area contributed by atoms with Gasteiger partial charge in [-0.15, -0.1) is 0 Å². The molecule has 2 N–H and O–H groups in total. The Morgan fingerprint density at radius 2 is 1.85 bits per heavy atom. The van der Waals surface area contributed by atoms with Crippen molar-refractivity contribution in [3.05, 3.63) is 66.5 Å². The van der Waals surface area contributed by atoms with Gasteiger partial charge < -0.3 is 25.0 Å². The third-order valence-electron chi connectivity index (χ3n) is 9.17. The molecular weight excluding hydrogens is 580 g/mol. The molecule has 0 radical (unpaired) electrons. The van der Waals surface area contributed by atoms with Gasteiger partial charge in [-0.2, -0.15) is 0 Å². The SMILES string of the molecule is Cc1ccc2c(NC(=O)[C@@H]3CC34CC4)cccc2c1Oc1ncccc1-c1ccnc(N[C@H]2CCCN(C(=O)OC(C)(C)C)C2)n1. The van der Waals surface area contributed by atoms with E-state index in [1.807, 2.05) is 76.2 Å². The molecule has 2 aromatic heterocycles. The standard InChI is InChI=1S/C36H40N6O4/c1-22-12-13-24-25(9-5-11-28(24)40-31(43)27-20-36(27)15-16-36)30(22)45-32-26(10-6-17-37-32)29-14-18-38-33(41-29)39-23-8-7-19-42(21-23)34(44)46-35(2,3)4/h5-6,9-14,17-18,23,27H,7-8,15-16,19-21H2,1-4H3,(H,40,43)(H,38,39,41)/t23-,27-/m0/s1. The number of amides is 2. The number of aromatic nitrogens is 3. The van der Waals surface area contributed by atoms with Gasteiger partial charge in [0.2, 0.25) is 17.7 Å². The molecule has 10 heteroatoms. The maximum absolute atomic E-state index is 13.0. The van der Waals surface area contributed by atoms with Crippen LogP contribution in [-0.4, -0.2) is 56.6 Å². The molecule has 46 heavy (non-hydrogen) atoms. The Morgan fingerprint density at radius 1 is 1.00 bits per heavy atom. The molecule has 10 nitrogen and oxygen atoms in total. The van der Waals surface area contributed by atoms with Gasteiger partial charge in [0, 0.05) is 53.9 Å². The summed E-state index contributed by atoms with van der Waals surface area (Å²) in [5, 5.41) is 8.41. The van der Waals surface area contributed by atoms with Crippen LogP contribution in [0.3, 0.4) is 0 Å². The normalized spacial score (nSPS) is 19.9. The Kier molecular flexibility index (Phi) is 7.53. The summed E-state index contributed by atoms with van der Waals surface area (Å²) in [7, 11) is 0. The van der Waals surface area contributed by atoms with Crippen molar-refractivity contribution in [2.75, 3.05) is 23.7 Å². The molecule has 4 aromatic rings. The van der Waals surface area contributed by atoms with Crippen molar-refractivity contribution in [3.8, 4) is 22.9 Å². The molecule has 3 aliphatic rings. The van der Waals surface area contributed by atoms with Gasteiger partial charge in [-0.05, 0) is 95.0 Å². The number of likely N-dealkylation sites (tertiary alicyclic amines) is 1. The lowest BCUT2D eigenvalue weighted by Crippen LogP contribution is -2.47. The molecule has 2 aromatic carbocycles. The van der Waals surface area contributed by atoms with Gasteiger partial charge in [0.15, 0.2) is 0 Å². The molecule has 3 fully saturated rings. The number of fused-ring (bicyclic) bond motifs is 1. The van der Waals surface area contributed by atoms with E-state index in [9.17, 15) is 9.59 Å². The molecule has 2 amide bonds. The molecule has 3 heterocycles. The van der Waals surface area contributed by atoms with Gasteiger partial charge in [0.25, 0.3) is 0 Å². The van der Waals surface area contributed by atoms with E-state index in [0.29, 0.717) is 41.8 Å². The summed E-state index contributed by atoms with van der Waals surface area (Å²) in [4.78, 5) is 41.3. The molecule has 2 atom stereocenters. The van der Waals surface area contributed by atoms with Crippen LogP contribution in [0.5, 0.6) is 11.6 Å². The van der Waals surface area contributed by atoms with Gasteiger partial charge >= 0.3 is 6.09 Å². The maximum Gasteiger partial charge on any atom is 0.410 e. The third kappa shape index (κ3) is 6.21. The number of carbonyl (C=O) groups excluding carboxylic acids is 2. The zero-order chi connectivity index (χ0) is 32.1. The smallest absolute Gasteiger partial charge is 0.410 e. The largest absolute Gasteiger partial charge is 0.444 e. The Morgan fingerprint density at radius 3 is 2.63 bits per heavy atom. The van der Waals surface area contributed by atoms with Crippen molar-refractivity contribution in [1.82, 2.24) is 19.9 Å². The monoisotopic (exact) mass is 620 g/mol. The fraction of sp³-hybridized carbons (Fsp3) is 0.417. The first-order chi connectivity index (χ1) is 22.1. The van der Waals surface area contributed by atoms with Crippen LogP contribution in [-0.2, 0) is 9.53 Å². The number of rotatable bonds is 7. The number of nitrogens with one attached hydrogen (secondary N) is 2. The molecule has 2 saturated carbocycles. The van der Waals surface area contributed by atoms with Crippen molar-refractivity contribution < 1.29 is 19.1 Å². The van der Waals surface area contributed by atoms with Crippen LogP contribution >= 0.6 is 0 Å². The summed E-state index contributed by atoms with van der Waals surface area (Å²) in [6.45, 7) is 8.78. The van der Waals surface area contributed by atoms with E-state index in [0.717, 1.165) is 46.8 Å². The van der Waals surface area contributed by atoms with Crippen molar-refractivity contribution in [2.24, 2.45) is 11.3 Å². The number of piperidine rings is 1. The first-order valence-electron chi connectivity index (χ1n) is 16.1. The number of benzene rings is 2. The second-order valence-electron chi connectivity index (χ2n) is 13.9. The number of pyridine rings is 1. The van der Waals surface area contributed by atoms with Crippen molar-refractivity contribution in [3.63, 3.8) is 0 Å². The second kappa shape index (κ2) is 11.6. The summed E-state index contributed by atoms with van der Waals surface area (Å²) < 4.78 is 12.2. The van der Waals surface area contributed by atoms with Crippen LogP contribution in [0.15, 0.2) is 60.9 Å². The van der Waals surface area contributed by atoms with Crippen LogP contribution in [0.1, 0.15) is 58.4 Å². The van der Waals surface area contributed by atoms with Crippen LogP contribution in [0.4, 0.5) is 16.4 Å². The second-order valence-corrected chi connectivity index (χ2v) is 13.9. The van der Waals surface area contributed by atoms with E-state index in [1.54, 1.807) is 17.3 Å². The first-order valence-corrected chi connectivity index (χ1v) is 16.1. The molecule has 0 bridgehead atoms. The lowest BCUT2D eigenvalue weighted by Gasteiger charge is -2.34. The molecule has 7 rings (SSSR count). The molecule has 1 aliphatic heterocycles. The number of aryl methyl sites for hydroxylation is 1. The zero-order valence-corrected chi connectivity index (χ0v) is 26.8. The molecule has 0 unspecified atom stereocenters. The van der Waals surface area contributed by atoms with Gasteiger partial charge in [-0.25, -0.2) is 19.7 Å². The number of nitrogens with zero attached hydrogens (tertiary/aromatic N) is 4. The summed E-state index contributed by atoms with van der Waals surface area (Å²) in [6.07, 6.45) is 8.18. The highest BCUT2D eigenvalue weighted by atomic mass is 16.6. The molecule has 1 spiro atoms. The number of anilines is 2. The van der Waals surface area contributed by atoms with Gasteiger partial charge in [0.05, 0.1) is 11.3 Å². The average Bonchev–Trinajstić information content (AvgIpc) is 3.96. The Hall–Kier alpha value is -4.73. The van der Waals surface area contributed by atoms with Crippen molar-refractivity contribution in [2.45, 2.75) is 71.4 Å². The minimum atomic E-state index is -0.545. The van der Waals surface area contributed by atoms with Gasteiger partial charge in [0.1, 0.15) is 11.4 Å². The number of ether oxygens (including phenoxy) is 2. The lowest BCUT2D eigenvalue weighted by molar-refractivity contribution is -0.117. The first kappa shape index (κ1) is 30.0. The molecule has 2 aliphatic carbocycles. The van der Waals surface area contributed by atoms with Crippen LogP contribution in [0.2, 0.25) is 0 Å². The van der Waals surface area contributed by atoms with Crippen molar-refractivity contribution >= 4 is 34.4 Å². The minimum absolute atomic E-state index is 0.0103. The summed E-state index contributed by atoms with van der Waals surface area (Å²) in [5.74, 6) is 1.80. The van der Waals surface area contributed by atoms with Crippen LogP contribution in [0.25, 0.3) is 22.0 Å². The van der Waals surface area contributed by atoms with Crippen LogP contribution < -0.4 is 15.4 Å². The summed E-state index contributed by atoms with van der Waals surface area (Å²) in [5.41, 5.74) is 2.86. The van der Waals surface area contributed by atoms with E-state index in [1.165, 1.54) is 12.8 Å². The Balaban J connectivity index is 1.11. The fourth-order valence-corrected chi connectivity index (χ4v) is 6.45. The quantitative estimate of drug-likeness (QED) is 0.220. The van der Waals surface area contributed by atoms with E-state index in [2.05, 4.69) is 20.6 Å². The highest BCUT2D eigenvalue weighted by molar-refractivity contribution is 6.06. The van der Waals surface area contributed by atoms with E-state index >= 15 is 0 Å². The molecular formula is C36H40N6O4. The average molecular weight is 621 g/mol. The number of hydrogen-bond donors (Lipinski definition) is 2. The van der Waals surface area contributed by atoms with Gasteiger partial charge in [-0.3, -0.25) is 4.79 Å². The van der Waals surface area contributed by atoms with E-state index < -0.39 is 5.60 Å². The van der Waals surface area contributed by atoms with Gasteiger partial charge in [-0.1, -0.05) is 24.3 Å². The zero-order valence-electron chi connectivity index (χ0n) is 26.8. The third-order valence-corrected chi connectivity index (χ3v) is 9.17. The number of hydrogen-bond acceptors (Lipinski definition) is 8. The Bertz CT molecular complexity index is 1810. The maximum atomic E-state index is 13.0. The molecule has 1 saturated heterocycles. The highest BCUT2D eigenvalue weighted by Gasteiger charge is 2.65. The van der Waals surface area contributed by atoms with E-state index in [4.69, 9.17) is 14.5 Å². The minimum Gasteiger partial charge on any atom is -0.444 e. The molecule has 238 valence electrons. The predicted octanol–water partition coefficient (Wildman–Crippen LogP) is 7.34. The van der Waals surface area contributed by atoms with Crippen LogP contribution in [0, 0.1) is 18.3 Å². The summed E-state index contributed by atoms with van der Waals surface area (Å²) in [6, 6.07) is 15.5. The predicted molar refractivity (Wildman–Crippen MR) is 177 cm³/mol.